The number of nitrogens with zero attached hydrogens (tertiary/aromatic N) is 1. The lowest BCUT2D eigenvalue weighted by Crippen LogP contribution is -2.37. The molecular weight excluding hydrogens is 238 g/mol. The summed E-state index contributed by atoms with van der Waals surface area (Å²) in [5, 5.41) is 1.01. The fourth-order valence-electron chi connectivity index (χ4n) is 2.68. The van der Waals surface area contributed by atoms with Crippen LogP contribution in [-0.2, 0) is 0 Å². The van der Waals surface area contributed by atoms with Gasteiger partial charge in [-0.2, -0.15) is 0 Å². The van der Waals surface area contributed by atoms with Crippen molar-refractivity contribution in [1.82, 2.24) is 4.90 Å². The Morgan fingerprint density at radius 3 is 2.74 bits per heavy atom. The first kappa shape index (κ1) is 12.3. The molecule has 0 bridgehead atoms. The molecule has 0 unspecified atom stereocenters. The number of benzene rings is 1. The van der Waals surface area contributed by atoms with E-state index in [1.54, 1.807) is 0 Å². The number of rotatable bonds is 1. The zero-order chi connectivity index (χ0) is 13.4. The van der Waals surface area contributed by atoms with Crippen molar-refractivity contribution in [2.24, 2.45) is 5.92 Å². The zero-order valence-corrected chi connectivity index (χ0v) is 11.5. The van der Waals surface area contributed by atoms with E-state index < -0.39 is 0 Å². The molecule has 1 fully saturated rings. The van der Waals surface area contributed by atoms with Crippen molar-refractivity contribution in [2.45, 2.75) is 26.7 Å². The van der Waals surface area contributed by atoms with Crippen molar-refractivity contribution >= 4 is 16.9 Å². The highest BCUT2D eigenvalue weighted by molar-refractivity contribution is 5.96. The van der Waals surface area contributed by atoms with E-state index in [4.69, 9.17) is 4.42 Å². The van der Waals surface area contributed by atoms with E-state index in [1.807, 2.05) is 36.1 Å². The van der Waals surface area contributed by atoms with Gasteiger partial charge in [0.05, 0.1) is 0 Å². The molecule has 1 aliphatic heterocycles. The van der Waals surface area contributed by atoms with Crippen LogP contribution in [0.2, 0.25) is 0 Å². The van der Waals surface area contributed by atoms with Crippen LogP contribution in [0, 0.1) is 12.8 Å². The van der Waals surface area contributed by atoms with Crippen molar-refractivity contribution in [3.8, 4) is 0 Å². The lowest BCUT2D eigenvalue weighted by molar-refractivity contribution is 0.0667. The van der Waals surface area contributed by atoms with Crippen LogP contribution >= 0.6 is 0 Å². The third-order valence-electron chi connectivity index (χ3n) is 4.02. The lowest BCUT2D eigenvalue weighted by Gasteiger charge is -2.29. The van der Waals surface area contributed by atoms with Crippen molar-refractivity contribution in [2.75, 3.05) is 13.1 Å². The largest absolute Gasteiger partial charge is 0.451 e. The molecule has 19 heavy (non-hydrogen) atoms. The molecule has 1 saturated heterocycles. The van der Waals surface area contributed by atoms with Crippen LogP contribution < -0.4 is 0 Å². The Kier molecular flexibility index (Phi) is 3.05. The number of likely N-dealkylation sites (tertiary alicyclic amines) is 1. The number of para-hydroxylation sites is 1. The van der Waals surface area contributed by atoms with Crippen molar-refractivity contribution < 1.29 is 9.21 Å². The summed E-state index contributed by atoms with van der Waals surface area (Å²) in [7, 11) is 0. The highest BCUT2D eigenvalue weighted by Gasteiger charge is 2.24. The monoisotopic (exact) mass is 257 g/mol. The third-order valence-corrected chi connectivity index (χ3v) is 4.02. The smallest absolute Gasteiger partial charge is 0.289 e. The molecule has 1 aromatic carbocycles. The normalized spacial score (nSPS) is 17.1. The van der Waals surface area contributed by atoms with E-state index in [0.717, 1.165) is 48.4 Å². The fourth-order valence-corrected chi connectivity index (χ4v) is 2.68. The van der Waals surface area contributed by atoms with Crippen LogP contribution in [0.15, 0.2) is 28.7 Å². The molecule has 3 nitrogen and oxygen atoms in total. The second kappa shape index (κ2) is 4.72. The van der Waals surface area contributed by atoms with E-state index in [2.05, 4.69) is 6.92 Å². The van der Waals surface area contributed by atoms with Gasteiger partial charge in [-0.15, -0.1) is 0 Å². The lowest BCUT2D eigenvalue weighted by atomic mass is 9.99. The van der Waals surface area contributed by atoms with Crippen LogP contribution in [0.1, 0.15) is 35.9 Å². The molecule has 2 heterocycles. The molecule has 1 aliphatic rings. The standard InChI is InChI=1S/C16H19NO2/c1-11-6-8-17(9-7-11)16(18)14-10-13-5-3-4-12(2)15(13)19-14/h3-5,10-11H,6-9H2,1-2H3. The van der Waals surface area contributed by atoms with Gasteiger partial charge in [0.25, 0.3) is 5.91 Å². The first-order valence-electron chi connectivity index (χ1n) is 6.93. The van der Waals surface area contributed by atoms with E-state index in [9.17, 15) is 4.79 Å². The first-order valence-corrected chi connectivity index (χ1v) is 6.93. The minimum atomic E-state index is 0.0301. The average Bonchev–Trinajstić information content (AvgIpc) is 2.84. The SMILES string of the molecule is Cc1cccc2cc(C(=O)N3CCC(C)CC3)oc12. The van der Waals surface area contributed by atoms with Crippen LogP contribution in [0.3, 0.4) is 0 Å². The van der Waals surface area contributed by atoms with Crippen LogP contribution in [0.25, 0.3) is 11.0 Å². The fraction of sp³-hybridized carbons (Fsp3) is 0.438. The molecule has 1 aromatic heterocycles. The van der Waals surface area contributed by atoms with Gasteiger partial charge in [0, 0.05) is 18.5 Å². The molecule has 1 amide bonds. The first-order chi connectivity index (χ1) is 9.15. The highest BCUT2D eigenvalue weighted by Crippen LogP contribution is 2.25. The van der Waals surface area contributed by atoms with Gasteiger partial charge in [0.15, 0.2) is 5.76 Å². The Bertz CT molecular complexity index is 606. The van der Waals surface area contributed by atoms with Crippen LogP contribution in [0.4, 0.5) is 0 Å². The molecule has 3 heteroatoms. The highest BCUT2D eigenvalue weighted by atomic mass is 16.3. The summed E-state index contributed by atoms with van der Waals surface area (Å²) in [6.45, 7) is 5.93. The number of carbonyl (C=O) groups excluding carboxylic acids is 1. The molecule has 3 rings (SSSR count). The Balaban J connectivity index is 1.87. The van der Waals surface area contributed by atoms with Gasteiger partial charge < -0.3 is 9.32 Å². The van der Waals surface area contributed by atoms with Gasteiger partial charge in [-0.25, -0.2) is 0 Å². The maximum absolute atomic E-state index is 12.4. The van der Waals surface area contributed by atoms with Crippen LogP contribution in [0.5, 0.6) is 0 Å². The van der Waals surface area contributed by atoms with Crippen molar-refractivity contribution in [3.05, 3.63) is 35.6 Å². The van der Waals surface area contributed by atoms with Gasteiger partial charge in [-0.1, -0.05) is 25.1 Å². The number of aryl methyl sites for hydroxylation is 1. The number of piperidine rings is 1. The predicted octanol–water partition coefficient (Wildman–Crippen LogP) is 3.61. The summed E-state index contributed by atoms with van der Waals surface area (Å²) in [5.74, 6) is 1.23. The molecule has 0 spiro atoms. The Hall–Kier alpha value is -1.77. The van der Waals surface area contributed by atoms with Crippen molar-refractivity contribution in [1.29, 1.82) is 0 Å². The topological polar surface area (TPSA) is 33.5 Å². The third kappa shape index (κ3) is 2.25. The minimum Gasteiger partial charge on any atom is -0.451 e. The second-order valence-electron chi connectivity index (χ2n) is 5.58. The molecule has 0 saturated carbocycles. The summed E-state index contributed by atoms with van der Waals surface area (Å²) in [6, 6.07) is 7.84. The summed E-state index contributed by atoms with van der Waals surface area (Å²) >= 11 is 0. The number of furan rings is 1. The number of fused-ring (bicyclic) bond motifs is 1. The number of carbonyl (C=O) groups is 1. The summed E-state index contributed by atoms with van der Waals surface area (Å²) in [4.78, 5) is 14.3. The molecular formula is C16H19NO2. The second-order valence-corrected chi connectivity index (χ2v) is 5.58. The van der Waals surface area contributed by atoms with E-state index in [0.29, 0.717) is 5.76 Å². The predicted molar refractivity (Wildman–Crippen MR) is 75.3 cm³/mol. The summed E-state index contributed by atoms with van der Waals surface area (Å²) in [5.41, 5.74) is 1.90. The van der Waals surface area contributed by atoms with Gasteiger partial charge in [-0.3, -0.25) is 4.79 Å². The van der Waals surface area contributed by atoms with Gasteiger partial charge in [0.2, 0.25) is 0 Å². The van der Waals surface area contributed by atoms with Crippen LogP contribution in [-0.4, -0.2) is 23.9 Å². The summed E-state index contributed by atoms with van der Waals surface area (Å²) < 4.78 is 5.75. The molecule has 0 atom stereocenters. The maximum Gasteiger partial charge on any atom is 0.289 e. The number of amides is 1. The zero-order valence-electron chi connectivity index (χ0n) is 11.5. The van der Waals surface area contributed by atoms with Gasteiger partial charge in [-0.05, 0) is 37.3 Å². The molecule has 0 aliphatic carbocycles. The van der Waals surface area contributed by atoms with E-state index >= 15 is 0 Å². The Morgan fingerprint density at radius 2 is 2.05 bits per heavy atom. The quantitative estimate of drug-likeness (QED) is 0.782. The minimum absolute atomic E-state index is 0.0301. The molecule has 2 aromatic rings. The number of hydrogen-bond donors (Lipinski definition) is 0. The molecule has 0 radical (unpaired) electrons. The van der Waals surface area contributed by atoms with E-state index in [-0.39, 0.29) is 5.91 Å². The number of hydrogen-bond acceptors (Lipinski definition) is 2. The van der Waals surface area contributed by atoms with Gasteiger partial charge >= 0.3 is 0 Å². The van der Waals surface area contributed by atoms with E-state index in [1.165, 1.54) is 0 Å². The Morgan fingerprint density at radius 1 is 1.32 bits per heavy atom. The molecule has 100 valence electrons. The van der Waals surface area contributed by atoms with Crippen molar-refractivity contribution in [3.63, 3.8) is 0 Å². The average molecular weight is 257 g/mol. The Labute approximate surface area is 113 Å². The van der Waals surface area contributed by atoms with Gasteiger partial charge in [0.1, 0.15) is 5.58 Å². The molecule has 0 N–H and O–H groups in total. The summed E-state index contributed by atoms with van der Waals surface area (Å²) in [6.07, 6.45) is 2.18. The maximum atomic E-state index is 12.4.